The summed E-state index contributed by atoms with van der Waals surface area (Å²) in [4.78, 5) is 10.6. The molecule has 0 saturated heterocycles. The minimum atomic E-state index is -4.59. The van der Waals surface area contributed by atoms with E-state index in [1.165, 1.54) is 24.3 Å². The van der Waals surface area contributed by atoms with Gasteiger partial charge in [-0.2, -0.15) is 0 Å². The number of benzene rings is 2. The number of carbonyl (C=O) groups is 1. The van der Waals surface area contributed by atoms with Crippen molar-refractivity contribution in [1.82, 2.24) is 0 Å². The summed E-state index contributed by atoms with van der Waals surface area (Å²) in [7, 11) is 0.121. The molecule has 0 fully saturated rings. The first-order valence-electron chi connectivity index (χ1n) is 8.51. The zero-order chi connectivity index (χ0) is 24.5. The van der Waals surface area contributed by atoms with E-state index < -0.39 is 61.7 Å². The first kappa shape index (κ1) is 25.5. The number of ether oxygens (including phenoxy) is 1. The molecule has 2 radical (unpaired) electrons. The largest absolute Gasteiger partial charge is 0.478 e. The van der Waals surface area contributed by atoms with Gasteiger partial charge in [-0.25, -0.2) is 18.4 Å². The van der Waals surface area contributed by atoms with Crippen molar-refractivity contribution in [3.8, 4) is 11.5 Å². The maximum Gasteiger partial charge on any atom is 0.335 e. The van der Waals surface area contributed by atoms with Gasteiger partial charge in [0.2, 0.25) is 15.8 Å². The molecule has 0 heterocycles. The molecule has 0 aromatic heterocycles. The molecule has 172 valence electrons. The van der Waals surface area contributed by atoms with E-state index in [0.717, 1.165) is 6.07 Å². The van der Waals surface area contributed by atoms with Crippen molar-refractivity contribution in [2.45, 2.75) is 22.2 Å². The minimum Gasteiger partial charge on any atom is -0.478 e. The Labute approximate surface area is 182 Å². The molecule has 0 saturated carbocycles. The zero-order valence-corrected chi connectivity index (χ0v) is 16.9. The lowest BCUT2D eigenvalue weighted by atomic mass is 9.81. The van der Waals surface area contributed by atoms with Crippen molar-refractivity contribution >= 4 is 29.5 Å². The highest BCUT2D eigenvalue weighted by Crippen LogP contribution is 2.38. The second kappa shape index (κ2) is 8.65. The van der Waals surface area contributed by atoms with Crippen LogP contribution >= 0.6 is 0 Å². The lowest BCUT2D eigenvalue weighted by Gasteiger charge is -2.41. The topological polar surface area (TPSA) is 240 Å². The third kappa shape index (κ3) is 5.35. The number of rotatable bonds is 9. The third-order valence-electron chi connectivity index (χ3n) is 4.17. The second-order valence-electron chi connectivity index (χ2n) is 6.68. The highest BCUT2D eigenvalue weighted by atomic mass is 32.2. The van der Waals surface area contributed by atoms with Crippen LogP contribution in [0, 0.1) is 0 Å². The van der Waals surface area contributed by atoms with Gasteiger partial charge in [0, 0.05) is 0 Å². The molecule has 32 heavy (non-hydrogen) atoms. The Morgan fingerprint density at radius 3 is 2.09 bits per heavy atom. The van der Waals surface area contributed by atoms with Gasteiger partial charge in [0.1, 0.15) is 10.6 Å². The van der Waals surface area contributed by atoms with Crippen molar-refractivity contribution in [2.75, 3.05) is 11.9 Å². The van der Waals surface area contributed by atoms with Gasteiger partial charge in [-0.1, -0.05) is 18.2 Å². The van der Waals surface area contributed by atoms with Crippen LogP contribution < -0.4 is 15.2 Å². The van der Waals surface area contributed by atoms with E-state index in [9.17, 15) is 49.0 Å². The van der Waals surface area contributed by atoms with Crippen molar-refractivity contribution in [2.24, 2.45) is 5.14 Å². The summed E-state index contributed by atoms with van der Waals surface area (Å²) in [5, 5.41) is 74.1. The Hall–Kier alpha value is -2.76. The summed E-state index contributed by atoms with van der Waals surface area (Å²) < 4.78 is 29.7. The number of hydrogen-bond acceptors (Lipinski definition) is 11. The van der Waals surface area contributed by atoms with Crippen LogP contribution in [0.4, 0.5) is 5.69 Å². The number of para-hydroxylation sites is 1. The third-order valence-corrected chi connectivity index (χ3v) is 5.08. The molecule has 13 nitrogen and oxygen atoms in total. The molecule has 0 unspecified atom stereocenters. The smallest absolute Gasteiger partial charge is 0.335 e. The molecule has 2 rings (SSSR count). The Bertz CT molecular complexity index is 1100. The summed E-state index contributed by atoms with van der Waals surface area (Å²) in [6.07, 6.45) is 0. The van der Waals surface area contributed by atoms with Crippen molar-refractivity contribution in [1.29, 1.82) is 0 Å². The molecule has 2 aromatic carbocycles. The van der Waals surface area contributed by atoms with Crippen molar-refractivity contribution in [3.63, 3.8) is 0 Å². The molecule has 0 bridgehead atoms. The Kier molecular flexibility index (Phi) is 6.89. The van der Waals surface area contributed by atoms with E-state index in [0.29, 0.717) is 6.07 Å². The molecular formula is C17H19BN2O11S. The van der Waals surface area contributed by atoms with E-state index >= 15 is 0 Å². The first-order valence-corrected chi connectivity index (χ1v) is 10.1. The fourth-order valence-electron chi connectivity index (χ4n) is 2.42. The van der Waals surface area contributed by atoms with Crippen molar-refractivity contribution < 1.29 is 53.7 Å². The van der Waals surface area contributed by atoms with E-state index in [2.05, 4.69) is 5.32 Å². The van der Waals surface area contributed by atoms with Gasteiger partial charge >= 0.3 is 5.97 Å². The number of primary sulfonamides is 1. The molecule has 0 amide bonds. The Morgan fingerprint density at radius 2 is 1.62 bits per heavy atom. The average Bonchev–Trinajstić information content (AvgIpc) is 2.65. The van der Waals surface area contributed by atoms with Crippen LogP contribution in [-0.2, 0) is 10.0 Å². The van der Waals surface area contributed by atoms with Crippen LogP contribution in [0.1, 0.15) is 10.4 Å². The van der Waals surface area contributed by atoms with Gasteiger partial charge in [0.05, 0.1) is 17.8 Å². The molecule has 0 atom stereocenters. The molecule has 0 aliphatic rings. The van der Waals surface area contributed by atoms with Crippen LogP contribution in [0.15, 0.2) is 47.4 Å². The van der Waals surface area contributed by atoms with Gasteiger partial charge in [0.25, 0.3) is 5.79 Å². The van der Waals surface area contributed by atoms with Gasteiger partial charge in [-0.3, -0.25) is 0 Å². The first-order chi connectivity index (χ1) is 14.5. The second-order valence-corrected chi connectivity index (χ2v) is 8.21. The quantitative estimate of drug-likeness (QED) is 0.135. The van der Waals surface area contributed by atoms with Crippen LogP contribution in [-0.4, -0.2) is 81.8 Å². The molecule has 15 heteroatoms. The highest BCUT2D eigenvalue weighted by Gasteiger charge is 2.58. The molecule has 0 aliphatic carbocycles. The summed E-state index contributed by atoms with van der Waals surface area (Å²) in [5.74, 6) is -9.98. The summed E-state index contributed by atoms with van der Waals surface area (Å²) in [5.41, 5.74) is -5.02. The fourth-order valence-corrected chi connectivity index (χ4v) is 3.12. The van der Waals surface area contributed by atoms with Crippen LogP contribution in [0.5, 0.6) is 11.5 Å². The monoisotopic (exact) mass is 470 g/mol. The lowest BCUT2D eigenvalue weighted by molar-refractivity contribution is -0.423. The zero-order valence-electron chi connectivity index (χ0n) is 16.1. The van der Waals surface area contributed by atoms with Crippen LogP contribution in [0.25, 0.3) is 0 Å². The minimum absolute atomic E-state index is 0.0770. The number of nitrogens with two attached hydrogens (primary N) is 1. The van der Waals surface area contributed by atoms with Gasteiger partial charge in [-0.05, 0) is 24.3 Å². The molecule has 0 aliphatic heterocycles. The van der Waals surface area contributed by atoms with E-state index in [1.54, 1.807) is 6.07 Å². The predicted octanol–water partition coefficient (Wildman–Crippen LogP) is -2.59. The SMILES string of the molecule is [B]C(O)(O)C(O)(O)C(O)(O)CNc1cc(C(=O)O)cc(S(N)(=O)=O)c1Oc1ccccc1. The normalized spacial score (nSPS) is 13.0. The van der Waals surface area contributed by atoms with Gasteiger partial charge < -0.3 is 45.8 Å². The van der Waals surface area contributed by atoms with Crippen LogP contribution in [0.2, 0.25) is 0 Å². The maximum absolute atomic E-state index is 12.1. The maximum atomic E-state index is 12.1. The number of nitrogens with one attached hydrogen (secondary N) is 1. The van der Waals surface area contributed by atoms with E-state index in [4.69, 9.17) is 17.7 Å². The number of anilines is 1. The number of aromatic carboxylic acids is 1. The molecular weight excluding hydrogens is 451 g/mol. The molecule has 0 spiro atoms. The number of sulfonamides is 1. The number of carboxylic acids is 1. The highest BCUT2D eigenvalue weighted by molar-refractivity contribution is 7.89. The van der Waals surface area contributed by atoms with E-state index in [1.807, 2.05) is 0 Å². The molecule has 2 aromatic rings. The number of hydrogen-bond donors (Lipinski definition) is 9. The molecule has 10 N–H and O–H groups in total. The Balaban J connectivity index is 2.61. The summed E-state index contributed by atoms with van der Waals surface area (Å²) in [6, 6.07) is 9.04. The number of aliphatic hydroxyl groups is 6. The van der Waals surface area contributed by atoms with Gasteiger partial charge in [-0.15, -0.1) is 0 Å². The standard InChI is InChI=1S/C17H19BN2O11S/c18-17(27,28)16(25,26)15(23,24)8-20-11-6-9(14(21)22)7-12(32(19,29)30)13(11)31-10-4-2-1-3-5-10/h1-7,20,23-28H,8H2,(H,21,22)(H2,19,29,30). The lowest BCUT2D eigenvalue weighted by Crippen LogP contribution is -2.70. The number of carboxylic acid groups (broad SMARTS) is 1. The van der Waals surface area contributed by atoms with E-state index in [-0.39, 0.29) is 5.75 Å². The van der Waals surface area contributed by atoms with Crippen LogP contribution in [0.3, 0.4) is 0 Å². The van der Waals surface area contributed by atoms with Gasteiger partial charge in [0.15, 0.2) is 19.3 Å². The predicted molar refractivity (Wildman–Crippen MR) is 107 cm³/mol. The fraction of sp³-hybridized carbons (Fsp3) is 0.235. The Morgan fingerprint density at radius 1 is 1.06 bits per heavy atom. The average molecular weight is 470 g/mol. The van der Waals surface area contributed by atoms with Crippen molar-refractivity contribution in [3.05, 3.63) is 48.0 Å². The summed E-state index contributed by atoms with van der Waals surface area (Å²) >= 11 is 0. The summed E-state index contributed by atoms with van der Waals surface area (Å²) in [6.45, 7) is -1.35.